The standard InChI is InChI=1S/C30H50N4O5/c1-20(2)16-23(27(37)33-31)26(28(38)39-29(5,6)7)30(18-21(3)4,13-12-22-10-8-9-11-22)24(35)17-25(36)34-15-14-32-19-34/h14-15,19-23,26H,8-13,16-18,31H2,1-7H3,(H,33,37)/t23-,26-,30?/m1/s1. The lowest BCUT2D eigenvalue weighted by Gasteiger charge is -2.44. The number of esters is 1. The summed E-state index contributed by atoms with van der Waals surface area (Å²) in [6, 6.07) is 0. The van der Waals surface area contributed by atoms with Crippen molar-refractivity contribution in [2.45, 2.75) is 112 Å². The van der Waals surface area contributed by atoms with E-state index in [0.29, 0.717) is 25.2 Å². The molecule has 9 nitrogen and oxygen atoms in total. The highest BCUT2D eigenvalue weighted by Gasteiger charge is 2.55. The lowest BCUT2D eigenvalue weighted by molar-refractivity contribution is -0.175. The van der Waals surface area contributed by atoms with E-state index in [9.17, 15) is 19.2 Å². The van der Waals surface area contributed by atoms with Gasteiger partial charge in [0.05, 0.1) is 18.3 Å². The van der Waals surface area contributed by atoms with Gasteiger partial charge in [0.25, 0.3) is 0 Å². The molecule has 1 amide bonds. The number of amides is 1. The number of hydrogen-bond acceptors (Lipinski definition) is 7. The van der Waals surface area contributed by atoms with Gasteiger partial charge in [-0.2, -0.15) is 0 Å². The van der Waals surface area contributed by atoms with E-state index in [0.717, 1.165) is 32.1 Å². The molecule has 0 spiro atoms. The van der Waals surface area contributed by atoms with Crippen molar-refractivity contribution in [1.29, 1.82) is 0 Å². The fraction of sp³-hybridized carbons (Fsp3) is 0.767. The Balaban J connectivity index is 2.73. The van der Waals surface area contributed by atoms with E-state index in [1.54, 1.807) is 20.8 Å². The number of aromatic nitrogens is 2. The van der Waals surface area contributed by atoms with Crippen LogP contribution in [0.4, 0.5) is 0 Å². The second-order valence-electron chi connectivity index (χ2n) is 13.2. The molecule has 3 atom stereocenters. The summed E-state index contributed by atoms with van der Waals surface area (Å²) in [5.74, 6) is 2.35. The van der Waals surface area contributed by atoms with E-state index < -0.39 is 47.1 Å². The lowest BCUT2D eigenvalue weighted by Crippen LogP contribution is -2.54. The molecule has 1 aliphatic carbocycles. The number of imidazole rings is 1. The van der Waals surface area contributed by atoms with Gasteiger partial charge in [0.15, 0.2) is 0 Å². The molecule has 0 bridgehead atoms. The van der Waals surface area contributed by atoms with Gasteiger partial charge in [-0.25, -0.2) is 10.8 Å². The van der Waals surface area contributed by atoms with Crippen molar-refractivity contribution in [2.24, 2.45) is 40.8 Å². The molecule has 1 saturated carbocycles. The molecule has 220 valence electrons. The first-order valence-electron chi connectivity index (χ1n) is 14.5. The minimum absolute atomic E-state index is 0.0199. The van der Waals surface area contributed by atoms with Crippen molar-refractivity contribution in [3.05, 3.63) is 18.7 Å². The van der Waals surface area contributed by atoms with Gasteiger partial charge in [-0.3, -0.25) is 29.2 Å². The zero-order valence-corrected chi connectivity index (χ0v) is 25.0. The van der Waals surface area contributed by atoms with E-state index in [2.05, 4.69) is 10.4 Å². The molecule has 0 saturated heterocycles. The van der Waals surface area contributed by atoms with Crippen LogP contribution in [0.25, 0.3) is 0 Å². The normalized spacial score (nSPS) is 17.6. The number of carbonyl (C=O) groups excluding carboxylic acids is 4. The molecule has 1 heterocycles. The minimum Gasteiger partial charge on any atom is -0.460 e. The average Bonchev–Trinajstić information content (AvgIpc) is 3.54. The maximum Gasteiger partial charge on any atom is 0.311 e. The topological polar surface area (TPSA) is 133 Å². The molecule has 1 aromatic rings. The molecule has 0 aliphatic heterocycles. The molecule has 39 heavy (non-hydrogen) atoms. The highest BCUT2D eigenvalue weighted by molar-refractivity contribution is 6.04. The molecule has 1 fully saturated rings. The van der Waals surface area contributed by atoms with Crippen LogP contribution in [0.5, 0.6) is 0 Å². The zero-order valence-electron chi connectivity index (χ0n) is 25.0. The summed E-state index contributed by atoms with van der Waals surface area (Å²) in [4.78, 5) is 59.1. The van der Waals surface area contributed by atoms with Crippen LogP contribution in [0.3, 0.4) is 0 Å². The van der Waals surface area contributed by atoms with Crippen molar-refractivity contribution >= 4 is 23.6 Å². The Morgan fingerprint density at radius 3 is 2.21 bits per heavy atom. The van der Waals surface area contributed by atoms with Crippen molar-refractivity contribution in [3.63, 3.8) is 0 Å². The molecular formula is C30H50N4O5. The van der Waals surface area contributed by atoms with Crippen LogP contribution in [0.15, 0.2) is 18.7 Å². The SMILES string of the molecule is CC(C)C[C@@H](C(=O)NN)[C@H](C(=O)OC(C)(C)C)C(CCC1CCCC1)(CC(C)C)C(=O)CC(=O)n1ccnc1. The monoisotopic (exact) mass is 546 g/mol. The predicted molar refractivity (Wildman–Crippen MR) is 150 cm³/mol. The van der Waals surface area contributed by atoms with Gasteiger partial charge in [-0.05, 0) is 64.2 Å². The van der Waals surface area contributed by atoms with Gasteiger partial charge in [0.2, 0.25) is 11.8 Å². The molecular weight excluding hydrogens is 496 g/mol. The summed E-state index contributed by atoms with van der Waals surface area (Å²) in [5, 5.41) is 0. The third-order valence-electron chi connectivity index (χ3n) is 7.77. The van der Waals surface area contributed by atoms with Crippen molar-refractivity contribution in [1.82, 2.24) is 15.0 Å². The summed E-state index contributed by atoms with van der Waals surface area (Å²) in [6.45, 7) is 13.3. The Kier molecular flexibility index (Phi) is 11.9. The van der Waals surface area contributed by atoms with Crippen molar-refractivity contribution in [2.75, 3.05) is 0 Å². The Morgan fingerprint density at radius 2 is 1.72 bits per heavy atom. The first-order valence-corrected chi connectivity index (χ1v) is 14.5. The van der Waals surface area contributed by atoms with Crippen LogP contribution < -0.4 is 11.3 Å². The summed E-state index contributed by atoms with van der Waals surface area (Å²) in [6.07, 6.45) is 10.3. The number of ether oxygens (including phenoxy) is 1. The Bertz CT molecular complexity index is 960. The van der Waals surface area contributed by atoms with Crippen molar-refractivity contribution in [3.8, 4) is 0 Å². The molecule has 1 unspecified atom stereocenters. The molecule has 1 aromatic heterocycles. The third-order valence-corrected chi connectivity index (χ3v) is 7.77. The number of carbonyl (C=O) groups is 4. The van der Waals surface area contributed by atoms with Gasteiger partial charge < -0.3 is 4.74 Å². The smallest absolute Gasteiger partial charge is 0.311 e. The molecule has 0 radical (unpaired) electrons. The first-order chi connectivity index (χ1) is 18.2. The van der Waals surface area contributed by atoms with Gasteiger partial charge in [0.1, 0.15) is 17.7 Å². The number of hydrazine groups is 1. The lowest BCUT2D eigenvalue weighted by atomic mass is 9.58. The van der Waals surface area contributed by atoms with E-state index in [4.69, 9.17) is 10.6 Å². The number of rotatable bonds is 14. The first kappa shape index (κ1) is 32.7. The van der Waals surface area contributed by atoms with Crippen LogP contribution in [-0.4, -0.2) is 38.7 Å². The number of nitrogens with two attached hydrogens (primary N) is 1. The molecule has 3 N–H and O–H groups in total. The maximum atomic E-state index is 14.5. The number of nitrogens with zero attached hydrogens (tertiary/aromatic N) is 2. The third kappa shape index (κ3) is 9.26. The van der Waals surface area contributed by atoms with E-state index in [-0.39, 0.29) is 17.6 Å². The Labute approximate surface area is 234 Å². The van der Waals surface area contributed by atoms with Crippen LogP contribution >= 0.6 is 0 Å². The second-order valence-corrected chi connectivity index (χ2v) is 13.2. The fourth-order valence-corrected chi connectivity index (χ4v) is 6.26. The van der Waals surface area contributed by atoms with E-state index in [1.807, 2.05) is 27.7 Å². The number of nitrogens with one attached hydrogen (secondary N) is 1. The van der Waals surface area contributed by atoms with Gasteiger partial charge in [-0.15, -0.1) is 0 Å². The van der Waals surface area contributed by atoms with Gasteiger partial charge in [0, 0.05) is 17.8 Å². The summed E-state index contributed by atoms with van der Waals surface area (Å²) < 4.78 is 7.22. The largest absolute Gasteiger partial charge is 0.460 e. The fourth-order valence-electron chi connectivity index (χ4n) is 6.26. The van der Waals surface area contributed by atoms with Crippen molar-refractivity contribution < 1.29 is 23.9 Å². The molecule has 1 aliphatic rings. The number of hydrogen-bond donors (Lipinski definition) is 2. The van der Waals surface area contributed by atoms with Gasteiger partial charge in [-0.1, -0.05) is 53.4 Å². The molecule has 0 aromatic carbocycles. The number of Topliss-reactive ketones (excluding diaryl/α,β-unsaturated/α-hetero) is 1. The second kappa shape index (κ2) is 14.2. The minimum atomic E-state index is -1.28. The highest BCUT2D eigenvalue weighted by atomic mass is 16.6. The quantitative estimate of drug-likeness (QED) is 0.109. The van der Waals surface area contributed by atoms with E-state index >= 15 is 0 Å². The van der Waals surface area contributed by atoms with Gasteiger partial charge >= 0.3 is 5.97 Å². The number of ketones is 1. The average molecular weight is 547 g/mol. The summed E-state index contributed by atoms with van der Waals surface area (Å²) >= 11 is 0. The Morgan fingerprint density at radius 1 is 1.08 bits per heavy atom. The van der Waals surface area contributed by atoms with Crippen LogP contribution in [0, 0.1) is 35.0 Å². The Hall–Kier alpha value is -2.55. The maximum absolute atomic E-state index is 14.5. The van der Waals surface area contributed by atoms with Crippen LogP contribution in [0.2, 0.25) is 0 Å². The van der Waals surface area contributed by atoms with Crippen LogP contribution in [0.1, 0.15) is 111 Å². The zero-order chi connectivity index (χ0) is 29.4. The highest BCUT2D eigenvalue weighted by Crippen LogP contribution is 2.49. The molecule has 9 heteroatoms. The summed E-state index contributed by atoms with van der Waals surface area (Å²) in [5.41, 5.74) is 0.148. The summed E-state index contributed by atoms with van der Waals surface area (Å²) in [7, 11) is 0. The molecule has 2 rings (SSSR count). The van der Waals surface area contributed by atoms with E-state index in [1.165, 1.54) is 23.3 Å². The predicted octanol–water partition coefficient (Wildman–Crippen LogP) is 5.10. The van der Waals surface area contributed by atoms with Crippen LogP contribution in [-0.2, 0) is 19.1 Å².